The van der Waals surface area contributed by atoms with Crippen LogP contribution in [0.4, 0.5) is 10.5 Å². The summed E-state index contributed by atoms with van der Waals surface area (Å²) in [6.07, 6.45) is 0.675. The highest BCUT2D eigenvalue weighted by molar-refractivity contribution is 9.10. The largest absolute Gasteiger partial charge is 0.480 e. The first-order valence-electron chi connectivity index (χ1n) is 6.41. The smallest absolute Gasteiger partial charge is 0.326 e. The zero-order chi connectivity index (χ0) is 15.3. The standard InChI is InChI=1S/C14H19BrN2O3/c1-4-8(2)12(13(18)19)17-14(20)16-11-6-5-10(15)7-9(11)3/h5-8,12H,4H2,1-3H3,(H,18,19)(H2,16,17,20)/t8?,12-/m0/s1. The summed E-state index contributed by atoms with van der Waals surface area (Å²) in [4.78, 5) is 23.0. The summed E-state index contributed by atoms with van der Waals surface area (Å²) in [6.45, 7) is 5.55. The lowest BCUT2D eigenvalue weighted by Crippen LogP contribution is -2.46. The summed E-state index contributed by atoms with van der Waals surface area (Å²) in [5, 5.41) is 14.3. The molecular formula is C14H19BrN2O3. The first-order chi connectivity index (χ1) is 9.35. The van der Waals surface area contributed by atoms with Crippen molar-refractivity contribution in [3.63, 3.8) is 0 Å². The molecule has 0 saturated carbocycles. The summed E-state index contributed by atoms with van der Waals surface area (Å²) in [6, 6.07) is 4.04. The van der Waals surface area contributed by atoms with Crippen LogP contribution in [0.2, 0.25) is 0 Å². The molecule has 1 aromatic carbocycles. The Morgan fingerprint density at radius 3 is 2.55 bits per heavy atom. The average Bonchev–Trinajstić information content (AvgIpc) is 2.38. The molecule has 0 bridgehead atoms. The maximum atomic E-state index is 11.9. The number of carboxylic acid groups (broad SMARTS) is 1. The monoisotopic (exact) mass is 342 g/mol. The maximum Gasteiger partial charge on any atom is 0.326 e. The van der Waals surface area contributed by atoms with Crippen LogP contribution in [0.3, 0.4) is 0 Å². The number of carbonyl (C=O) groups is 2. The molecule has 1 unspecified atom stereocenters. The zero-order valence-corrected chi connectivity index (χ0v) is 13.3. The highest BCUT2D eigenvalue weighted by Crippen LogP contribution is 2.20. The molecule has 0 aliphatic rings. The van der Waals surface area contributed by atoms with Gasteiger partial charge in [-0.3, -0.25) is 0 Å². The number of aryl methyl sites for hydroxylation is 1. The van der Waals surface area contributed by atoms with Crippen LogP contribution in [-0.2, 0) is 4.79 Å². The van der Waals surface area contributed by atoms with Gasteiger partial charge in [-0.05, 0) is 36.6 Å². The van der Waals surface area contributed by atoms with Crippen molar-refractivity contribution < 1.29 is 14.7 Å². The number of anilines is 1. The molecule has 0 radical (unpaired) electrons. The van der Waals surface area contributed by atoms with Crippen molar-refractivity contribution >= 4 is 33.6 Å². The van der Waals surface area contributed by atoms with E-state index in [1.165, 1.54) is 0 Å². The average molecular weight is 343 g/mol. The minimum atomic E-state index is -1.03. The van der Waals surface area contributed by atoms with Gasteiger partial charge in [-0.15, -0.1) is 0 Å². The molecule has 0 aliphatic heterocycles. The molecule has 0 aromatic heterocycles. The fraction of sp³-hybridized carbons (Fsp3) is 0.429. The predicted octanol–water partition coefficient (Wildman–Crippen LogP) is 3.38. The number of aliphatic carboxylic acids is 1. The van der Waals surface area contributed by atoms with Gasteiger partial charge < -0.3 is 15.7 Å². The Morgan fingerprint density at radius 1 is 1.40 bits per heavy atom. The molecule has 0 saturated heterocycles. The molecule has 6 heteroatoms. The van der Waals surface area contributed by atoms with Crippen LogP contribution in [0.1, 0.15) is 25.8 Å². The van der Waals surface area contributed by atoms with E-state index in [0.29, 0.717) is 12.1 Å². The summed E-state index contributed by atoms with van der Waals surface area (Å²) < 4.78 is 0.920. The van der Waals surface area contributed by atoms with Crippen LogP contribution in [0.5, 0.6) is 0 Å². The number of carboxylic acids is 1. The molecule has 0 fully saturated rings. The number of halogens is 1. The SMILES string of the molecule is CCC(C)[C@H](NC(=O)Nc1ccc(Br)cc1C)C(=O)O. The van der Waals surface area contributed by atoms with Gasteiger partial charge in [0.2, 0.25) is 0 Å². The molecule has 5 nitrogen and oxygen atoms in total. The molecule has 1 aromatic rings. The number of rotatable bonds is 5. The quantitative estimate of drug-likeness (QED) is 0.767. The first-order valence-corrected chi connectivity index (χ1v) is 7.21. The van der Waals surface area contributed by atoms with Crippen molar-refractivity contribution in [2.75, 3.05) is 5.32 Å². The summed E-state index contributed by atoms with van der Waals surface area (Å²) in [7, 11) is 0. The minimum absolute atomic E-state index is 0.135. The molecule has 0 spiro atoms. The second-order valence-corrected chi connectivity index (χ2v) is 5.67. The molecule has 0 heterocycles. The van der Waals surface area contributed by atoms with Crippen molar-refractivity contribution in [3.8, 4) is 0 Å². The Labute approximate surface area is 126 Å². The number of hydrogen-bond donors (Lipinski definition) is 3. The topological polar surface area (TPSA) is 78.4 Å². The fourth-order valence-electron chi connectivity index (χ4n) is 1.75. The molecule has 110 valence electrons. The lowest BCUT2D eigenvalue weighted by molar-refractivity contribution is -0.140. The normalized spacial score (nSPS) is 13.4. The van der Waals surface area contributed by atoms with E-state index in [-0.39, 0.29) is 5.92 Å². The second kappa shape index (κ2) is 7.28. The number of carbonyl (C=O) groups excluding carboxylic acids is 1. The highest BCUT2D eigenvalue weighted by Gasteiger charge is 2.25. The maximum absolute atomic E-state index is 11.9. The van der Waals surface area contributed by atoms with Crippen LogP contribution in [-0.4, -0.2) is 23.1 Å². The van der Waals surface area contributed by atoms with Crippen LogP contribution in [0, 0.1) is 12.8 Å². The van der Waals surface area contributed by atoms with E-state index in [2.05, 4.69) is 26.6 Å². The molecule has 0 aliphatic carbocycles. The lowest BCUT2D eigenvalue weighted by atomic mass is 9.99. The molecule has 1 rings (SSSR count). The van der Waals surface area contributed by atoms with E-state index >= 15 is 0 Å². The second-order valence-electron chi connectivity index (χ2n) is 4.76. The van der Waals surface area contributed by atoms with E-state index in [1.54, 1.807) is 13.0 Å². The Kier molecular flexibility index (Phi) is 6.01. The Balaban J connectivity index is 2.73. The lowest BCUT2D eigenvalue weighted by Gasteiger charge is -2.20. The predicted molar refractivity (Wildman–Crippen MR) is 81.9 cm³/mol. The van der Waals surface area contributed by atoms with Crippen LogP contribution < -0.4 is 10.6 Å². The van der Waals surface area contributed by atoms with Crippen LogP contribution >= 0.6 is 15.9 Å². The summed E-state index contributed by atoms with van der Waals surface area (Å²) in [5.74, 6) is -1.16. The summed E-state index contributed by atoms with van der Waals surface area (Å²) >= 11 is 3.34. The third-order valence-electron chi connectivity index (χ3n) is 3.20. The van der Waals surface area contributed by atoms with Gasteiger partial charge in [-0.1, -0.05) is 36.2 Å². The van der Waals surface area contributed by atoms with E-state index in [0.717, 1.165) is 10.0 Å². The van der Waals surface area contributed by atoms with E-state index in [4.69, 9.17) is 5.11 Å². The Morgan fingerprint density at radius 2 is 2.05 bits per heavy atom. The van der Waals surface area contributed by atoms with Gasteiger partial charge in [-0.2, -0.15) is 0 Å². The van der Waals surface area contributed by atoms with E-state index < -0.39 is 18.0 Å². The van der Waals surface area contributed by atoms with Gasteiger partial charge in [0.25, 0.3) is 0 Å². The van der Waals surface area contributed by atoms with Gasteiger partial charge in [0.05, 0.1) is 0 Å². The van der Waals surface area contributed by atoms with Crippen molar-refractivity contribution in [1.82, 2.24) is 5.32 Å². The number of urea groups is 1. The van der Waals surface area contributed by atoms with Crippen LogP contribution in [0.25, 0.3) is 0 Å². The van der Waals surface area contributed by atoms with Crippen molar-refractivity contribution in [1.29, 1.82) is 0 Å². The van der Waals surface area contributed by atoms with Gasteiger partial charge in [0.1, 0.15) is 6.04 Å². The third-order valence-corrected chi connectivity index (χ3v) is 3.70. The number of nitrogens with one attached hydrogen (secondary N) is 2. The highest BCUT2D eigenvalue weighted by atomic mass is 79.9. The van der Waals surface area contributed by atoms with Crippen LogP contribution in [0.15, 0.2) is 22.7 Å². The van der Waals surface area contributed by atoms with Gasteiger partial charge >= 0.3 is 12.0 Å². The summed E-state index contributed by atoms with van der Waals surface area (Å²) in [5.41, 5.74) is 1.55. The van der Waals surface area contributed by atoms with Gasteiger partial charge in [-0.25, -0.2) is 9.59 Å². The molecule has 2 atom stereocenters. The first kappa shape index (κ1) is 16.5. The Hall–Kier alpha value is -1.56. The van der Waals surface area contributed by atoms with Gasteiger partial charge in [0.15, 0.2) is 0 Å². The number of amides is 2. The third kappa shape index (κ3) is 4.52. The molecule has 20 heavy (non-hydrogen) atoms. The van der Waals surface area contributed by atoms with Gasteiger partial charge in [0, 0.05) is 10.2 Å². The molecular weight excluding hydrogens is 324 g/mol. The minimum Gasteiger partial charge on any atom is -0.480 e. The molecule has 3 N–H and O–H groups in total. The van der Waals surface area contributed by atoms with Crippen molar-refractivity contribution in [2.45, 2.75) is 33.2 Å². The number of hydrogen-bond acceptors (Lipinski definition) is 2. The van der Waals surface area contributed by atoms with E-state index in [9.17, 15) is 9.59 Å². The fourth-order valence-corrected chi connectivity index (χ4v) is 2.23. The van der Waals surface area contributed by atoms with Crippen molar-refractivity contribution in [2.24, 2.45) is 5.92 Å². The molecule has 2 amide bonds. The Bertz CT molecular complexity index is 505. The van der Waals surface area contributed by atoms with E-state index in [1.807, 2.05) is 26.0 Å². The zero-order valence-electron chi connectivity index (χ0n) is 11.7. The number of benzene rings is 1. The van der Waals surface area contributed by atoms with Crippen molar-refractivity contribution in [3.05, 3.63) is 28.2 Å².